The van der Waals surface area contributed by atoms with Crippen molar-refractivity contribution >= 4 is 11.6 Å². The molecule has 2 aromatic rings. The molecule has 0 aromatic carbocycles. The second kappa shape index (κ2) is 5.29. The SMILES string of the molecule is CCCOc1cc(Nc2ccn(C)n2)ncn1. The Labute approximate surface area is 99.7 Å². The third-order valence-electron chi connectivity index (χ3n) is 2.07. The Bertz CT molecular complexity index is 482. The van der Waals surface area contributed by atoms with Gasteiger partial charge in [-0.05, 0) is 6.42 Å². The third-order valence-corrected chi connectivity index (χ3v) is 2.07. The molecule has 0 saturated heterocycles. The molecular weight excluding hydrogens is 218 g/mol. The van der Waals surface area contributed by atoms with E-state index in [9.17, 15) is 0 Å². The van der Waals surface area contributed by atoms with Crippen LogP contribution in [-0.4, -0.2) is 26.4 Å². The summed E-state index contributed by atoms with van der Waals surface area (Å²) in [6.07, 6.45) is 4.28. The van der Waals surface area contributed by atoms with Crippen LogP contribution in [0.2, 0.25) is 0 Å². The minimum Gasteiger partial charge on any atom is -0.478 e. The minimum atomic E-state index is 0.570. The summed E-state index contributed by atoms with van der Waals surface area (Å²) in [5.41, 5.74) is 0. The number of aryl methyl sites for hydroxylation is 1. The monoisotopic (exact) mass is 233 g/mol. The third kappa shape index (κ3) is 3.17. The highest BCUT2D eigenvalue weighted by Gasteiger charge is 2.01. The van der Waals surface area contributed by atoms with Crippen LogP contribution in [0.25, 0.3) is 0 Å². The van der Waals surface area contributed by atoms with Crippen molar-refractivity contribution in [2.75, 3.05) is 11.9 Å². The Morgan fingerprint density at radius 2 is 2.24 bits per heavy atom. The molecule has 6 nitrogen and oxygen atoms in total. The van der Waals surface area contributed by atoms with Gasteiger partial charge in [0.05, 0.1) is 6.61 Å². The van der Waals surface area contributed by atoms with Gasteiger partial charge in [0.2, 0.25) is 5.88 Å². The van der Waals surface area contributed by atoms with Crippen molar-refractivity contribution in [3.8, 4) is 5.88 Å². The van der Waals surface area contributed by atoms with E-state index in [0.717, 1.165) is 12.2 Å². The second-order valence-electron chi connectivity index (χ2n) is 3.59. The van der Waals surface area contributed by atoms with Gasteiger partial charge >= 0.3 is 0 Å². The van der Waals surface area contributed by atoms with Crippen LogP contribution in [0.5, 0.6) is 5.88 Å². The lowest BCUT2D eigenvalue weighted by atomic mass is 10.5. The zero-order chi connectivity index (χ0) is 12.1. The first kappa shape index (κ1) is 11.4. The first-order valence-electron chi connectivity index (χ1n) is 5.49. The Kier molecular flexibility index (Phi) is 3.54. The van der Waals surface area contributed by atoms with E-state index in [1.54, 1.807) is 10.7 Å². The predicted molar refractivity (Wildman–Crippen MR) is 64.3 cm³/mol. The lowest BCUT2D eigenvalue weighted by Crippen LogP contribution is -2.00. The fourth-order valence-corrected chi connectivity index (χ4v) is 1.31. The van der Waals surface area contributed by atoms with Gasteiger partial charge in [0, 0.05) is 25.4 Å². The fraction of sp³-hybridized carbons (Fsp3) is 0.364. The summed E-state index contributed by atoms with van der Waals surface area (Å²) in [4.78, 5) is 8.13. The van der Waals surface area contributed by atoms with Crippen LogP contribution in [0.15, 0.2) is 24.7 Å². The summed E-state index contributed by atoms with van der Waals surface area (Å²) in [6, 6.07) is 3.62. The molecule has 2 aromatic heterocycles. The molecule has 90 valence electrons. The van der Waals surface area contributed by atoms with Gasteiger partial charge in [0.25, 0.3) is 0 Å². The zero-order valence-corrected chi connectivity index (χ0v) is 9.92. The standard InChI is InChI=1S/C11H15N5O/c1-3-6-17-11-7-10(12-8-13-11)14-9-4-5-16(2)15-9/h4-5,7-8H,3,6H2,1-2H3,(H,12,13,14,15). The average Bonchev–Trinajstić information content (AvgIpc) is 2.73. The number of nitrogens with one attached hydrogen (secondary N) is 1. The number of hydrogen-bond donors (Lipinski definition) is 1. The first-order valence-corrected chi connectivity index (χ1v) is 5.49. The molecule has 17 heavy (non-hydrogen) atoms. The lowest BCUT2D eigenvalue weighted by Gasteiger charge is -2.05. The second-order valence-corrected chi connectivity index (χ2v) is 3.59. The molecule has 0 aliphatic heterocycles. The fourth-order valence-electron chi connectivity index (χ4n) is 1.31. The Morgan fingerprint density at radius 1 is 1.35 bits per heavy atom. The zero-order valence-electron chi connectivity index (χ0n) is 9.92. The number of rotatable bonds is 5. The minimum absolute atomic E-state index is 0.570. The first-order chi connectivity index (χ1) is 8.28. The normalized spacial score (nSPS) is 10.2. The van der Waals surface area contributed by atoms with Crippen molar-refractivity contribution in [2.45, 2.75) is 13.3 Å². The lowest BCUT2D eigenvalue weighted by molar-refractivity contribution is 0.305. The van der Waals surface area contributed by atoms with Crippen LogP contribution >= 0.6 is 0 Å². The van der Waals surface area contributed by atoms with E-state index in [2.05, 4.69) is 20.4 Å². The largest absolute Gasteiger partial charge is 0.478 e. The van der Waals surface area contributed by atoms with E-state index in [4.69, 9.17) is 4.74 Å². The van der Waals surface area contributed by atoms with Crippen molar-refractivity contribution in [3.05, 3.63) is 24.7 Å². The highest BCUT2D eigenvalue weighted by molar-refractivity contribution is 5.51. The smallest absolute Gasteiger partial charge is 0.218 e. The summed E-state index contributed by atoms with van der Waals surface area (Å²) in [5.74, 6) is 1.98. The van der Waals surface area contributed by atoms with Gasteiger partial charge in [-0.15, -0.1) is 0 Å². The summed E-state index contributed by atoms with van der Waals surface area (Å²) in [7, 11) is 1.86. The van der Waals surface area contributed by atoms with Crippen LogP contribution in [-0.2, 0) is 7.05 Å². The average molecular weight is 233 g/mol. The van der Waals surface area contributed by atoms with E-state index in [1.165, 1.54) is 6.33 Å². The van der Waals surface area contributed by atoms with Crippen LogP contribution in [0.3, 0.4) is 0 Å². The van der Waals surface area contributed by atoms with Crippen LogP contribution in [0, 0.1) is 0 Å². The van der Waals surface area contributed by atoms with E-state index in [-0.39, 0.29) is 0 Å². The molecule has 1 N–H and O–H groups in total. The molecule has 0 saturated carbocycles. The van der Waals surface area contributed by atoms with E-state index >= 15 is 0 Å². The van der Waals surface area contributed by atoms with Crippen LogP contribution < -0.4 is 10.1 Å². The van der Waals surface area contributed by atoms with Crippen LogP contribution in [0.4, 0.5) is 11.6 Å². The van der Waals surface area contributed by atoms with Crippen molar-refractivity contribution < 1.29 is 4.74 Å². The maximum atomic E-state index is 5.42. The van der Waals surface area contributed by atoms with Gasteiger partial charge in [0.15, 0.2) is 5.82 Å². The van der Waals surface area contributed by atoms with Gasteiger partial charge in [-0.2, -0.15) is 5.10 Å². The molecule has 0 bridgehead atoms. The van der Waals surface area contributed by atoms with Gasteiger partial charge in [-0.3, -0.25) is 4.68 Å². The molecule has 2 heterocycles. The number of ether oxygens (including phenoxy) is 1. The van der Waals surface area contributed by atoms with Gasteiger partial charge in [-0.25, -0.2) is 9.97 Å². The molecule has 0 unspecified atom stereocenters. The molecule has 6 heteroatoms. The topological polar surface area (TPSA) is 64.9 Å². The molecule has 0 spiro atoms. The summed E-state index contributed by atoms with van der Waals surface area (Å²) < 4.78 is 7.14. The van der Waals surface area contributed by atoms with Crippen molar-refractivity contribution in [1.82, 2.24) is 19.7 Å². The molecule has 0 amide bonds. The Hall–Kier alpha value is -2.11. The van der Waals surface area contributed by atoms with Crippen LogP contribution in [0.1, 0.15) is 13.3 Å². The molecule has 0 atom stereocenters. The van der Waals surface area contributed by atoms with Gasteiger partial charge in [0.1, 0.15) is 12.1 Å². The number of aromatic nitrogens is 4. The van der Waals surface area contributed by atoms with E-state index < -0.39 is 0 Å². The molecule has 0 radical (unpaired) electrons. The predicted octanol–water partition coefficient (Wildman–Crippen LogP) is 1.74. The summed E-state index contributed by atoms with van der Waals surface area (Å²) in [5, 5.41) is 7.28. The molecule has 2 rings (SSSR count). The maximum absolute atomic E-state index is 5.42. The van der Waals surface area contributed by atoms with Gasteiger partial charge < -0.3 is 10.1 Å². The van der Waals surface area contributed by atoms with E-state index in [1.807, 2.05) is 26.2 Å². The molecular formula is C11H15N5O. The van der Waals surface area contributed by atoms with Crippen molar-refractivity contribution in [2.24, 2.45) is 7.05 Å². The van der Waals surface area contributed by atoms with Gasteiger partial charge in [-0.1, -0.05) is 6.92 Å². The highest BCUT2D eigenvalue weighted by Crippen LogP contribution is 2.15. The summed E-state index contributed by atoms with van der Waals surface area (Å²) in [6.45, 7) is 2.70. The van der Waals surface area contributed by atoms with Crippen molar-refractivity contribution in [1.29, 1.82) is 0 Å². The Morgan fingerprint density at radius 3 is 2.94 bits per heavy atom. The van der Waals surface area contributed by atoms with Crippen molar-refractivity contribution in [3.63, 3.8) is 0 Å². The molecule has 0 fully saturated rings. The summed E-state index contributed by atoms with van der Waals surface area (Å²) >= 11 is 0. The quantitative estimate of drug-likeness (QED) is 0.852. The highest BCUT2D eigenvalue weighted by atomic mass is 16.5. The number of hydrogen-bond acceptors (Lipinski definition) is 5. The maximum Gasteiger partial charge on any atom is 0.218 e. The number of anilines is 2. The number of nitrogens with zero attached hydrogens (tertiary/aromatic N) is 4. The Balaban J connectivity index is 2.05. The van der Waals surface area contributed by atoms with E-state index in [0.29, 0.717) is 18.3 Å². The molecule has 0 aliphatic rings. The molecule has 0 aliphatic carbocycles.